The summed E-state index contributed by atoms with van der Waals surface area (Å²) >= 11 is 0. The molecule has 0 aliphatic carbocycles. The van der Waals surface area contributed by atoms with Gasteiger partial charge in [0.05, 0.1) is 50.1 Å². The first-order valence-electron chi connectivity index (χ1n) is 17.3. The van der Waals surface area contributed by atoms with Crippen LogP contribution in [-0.4, -0.2) is 133 Å². The topological polar surface area (TPSA) is 226 Å². The third-order valence-corrected chi connectivity index (χ3v) is 7.85. The van der Waals surface area contributed by atoms with E-state index in [0.29, 0.717) is 30.0 Å². The van der Waals surface area contributed by atoms with Crippen LogP contribution in [0.5, 0.6) is 5.75 Å². The third kappa shape index (κ3) is 21.4. The van der Waals surface area contributed by atoms with E-state index in [9.17, 15) is 23.4 Å². The minimum Gasteiger partial charge on any atom is -0.480 e. The fourth-order valence-corrected chi connectivity index (χ4v) is 5.18. The van der Waals surface area contributed by atoms with Gasteiger partial charge in [0.1, 0.15) is 24.6 Å². The second-order valence-electron chi connectivity index (χ2n) is 13.6. The van der Waals surface area contributed by atoms with Crippen molar-refractivity contribution < 1.29 is 57.0 Å². The van der Waals surface area contributed by atoms with Crippen molar-refractivity contribution in [2.75, 3.05) is 84.3 Å². The molecule has 18 nitrogen and oxygen atoms in total. The molecule has 1 atom stereocenters. The summed E-state index contributed by atoms with van der Waals surface area (Å²) in [5.41, 5.74) is -0.528. The quantitative estimate of drug-likeness (QED) is 0.0578. The molecule has 2 amide bonds. The van der Waals surface area contributed by atoms with Crippen LogP contribution in [-0.2, 0) is 49.1 Å². The monoisotopic (exact) mass is 782 g/mol. The highest BCUT2D eigenvalue weighted by molar-refractivity contribution is 7.86. The minimum absolute atomic E-state index is 0.0731. The largest absolute Gasteiger partial charge is 0.480 e. The van der Waals surface area contributed by atoms with E-state index < -0.39 is 28.5 Å². The number of aromatic nitrogens is 2. The molecule has 1 aromatic carbocycles. The summed E-state index contributed by atoms with van der Waals surface area (Å²) in [6, 6.07) is 6.69. The van der Waals surface area contributed by atoms with Crippen molar-refractivity contribution in [3.63, 3.8) is 0 Å². The van der Waals surface area contributed by atoms with Gasteiger partial charge in [-0.25, -0.2) is 19.0 Å². The van der Waals surface area contributed by atoms with E-state index in [1.165, 1.54) is 12.4 Å². The Morgan fingerprint density at radius 1 is 0.815 bits per heavy atom. The number of ether oxygens (including phenoxy) is 5. The Hall–Kier alpha value is -4.27. The molecule has 1 aromatic heterocycles. The molecule has 0 saturated heterocycles. The highest BCUT2D eigenvalue weighted by Crippen LogP contribution is 2.25. The Balaban J connectivity index is 1.59. The number of carbonyl (C=O) groups is 4. The molecule has 0 radical (unpaired) electrons. The standard InChI is InChI=1S/C35H54N6O12S/c1-34(2,3)52-31(45)11-12-35(4,5)25-41(6)53-27-7-9-28(10-8-27)54(47)40-33-38-21-26(22-39-33)32(46)37-14-16-49-17-19-50-23-29(42)36-13-15-48-18-20-51-24-30(43)44/h7-10,21-22H,11-20,23-25H2,1-6H3,(H,36,42)(H,37,46)(H,43,44)(H,38,39,40). The first kappa shape index (κ1) is 45.9. The van der Waals surface area contributed by atoms with Gasteiger partial charge >= 0.3 is 11.9 Å². The predicted octanol–water partition coefficient (Wildman–Crippen LogP) is 1.98. The highest BCUT2D eigenvalue weighted by atomic mass is 32.2. The van der Waals surface area contributed by atoms with Crippen LogP contribution in [0.4, 0.5) is 5.95 Å². The SMILES string of the molecule is CN(CC(C)(C)CCC(=O)OC(C)(C)C)Oc1ccc(S(=O)Nc2ncc(C(=O)NCCOCCOCC(=O)NCCOCCOCC(=O)O)cn2)cc1. The number of carboxylic acids is 1. The van der Waals surface area contributed by atoms with Crippen molar-refractivity contribution in [2.45, 2.75) is 58.0 Å². The number of carbonyl (C=O) groups excluding carboxylic acids is 3. The summed E-state index contributed by atoms with van der Waals surface area (Å²) in [4.78, 5) is 61.2. The summed E-state index contributed by atoms with van der Waals surface area (Å²) in [6.07, 6.45) is 3.56. The summed E-state index contributed by atoms with van der Waals surface area (Å²) in [5.74, 6) is -1.40. The second-order valence-corrected chi connectivity index (χ2v) is 14.8. The maximum atomic E-state index is 12.9. The molecule has 1 heterocycles. The van der Waals surface area contributed by atoms with Crippen molar-refractivity contribution >= 4 is 40.7 Å². The third-order valence-electron chi connectivity index (χ3n) is 6.78. The Kier molecular flexibility index (Phi) is 20.6. The van der Waals surface area contributed by atoms with Gasteiger partial charge in [-0.3, -0.25) is 19.1 Å². The first-order valence-corrected chi connectivity index (χ1v) is 18.5. The number of amides is 2. The molecule has 19 heteroatoms. The smallest absolute Gasteiger partial charge is 0.329 e. The summed E-state index contributed by atoms with van der Waals surface area (Å²) in [7, 11) is 0.123. The molecule has 0 aliphatic heterocycles. The number of rotatable bonds is 27. The second kappa shape index (κ2) is 24.2. The van der Waals surface area contributed by atoms with Crippen LogP contribution in [0, 0.1) is 5.41 Å². The van der Waals surface area contributed by atoms with E-state index >= 15 is 0 Å². The zero-order valence-electron chi connectivity index (χ0n) is 31.8. The molecule has 2 aromatic rings. The van der Waals surface area contributed by atoms with E-state index in [0.717, 1.165) is 0 Å². The van der Waals surface area contributed by atoms with Crippen LogP contribution in [0.1, 0.15) is 57.8 Å². The number of esters is 1. The zero-order chi connectivity index (χ0) is 40.0. The molecule has 0 aliphatic rings. The predicted molar refractivity (Wildman–Crippen MR) is 197 cm³/mol. The van der Waals surface area contributed by atoms with Crippen molar-refractivity contribution in [2.24, 2.45) is 5.41 Å². The van der Waals surface area contributed by atoms with Crippen LogP contribution < -0.4 is 20.2 Å². The normalized spacial score (nSPS) is 12.2. The first-order chi connectivity index (χ1) is 25.5. The van der Waals surface area contributed by atoms with E-state index in [1.54, 1.807) is 36.4 Å². The van der Waals surface area contributed by atoms with Gasteiger partial charge in [-0.15, -0.1) is 5.06 Å². The zero-order valence-corrected chi connectivity index (χ0v) is 32.7. The molecule has 0 saturated carbocycles. The lowest BCUT2D eigenvalue weighted by atomic mass is 9.87. The van der Waals surface area contributed by atoms with E-state index in [1.807, 2.05) is 20.8 Å². The number of hydrogen-bond acceptors (Lipinski definition) is 14. The number of hydrogen-bond donors (Lipinski definition) is 4. The number of anilines is 1. The minimum atomic E-state index is -1.68. The van der Waals surface area contributed by atoms with Crippen LogP contribution in [0.2, 0.25) is 0 Å². The molecular formula is C35H54N6O12S. The van der Waals surface area contributed by atoms with Gasteiger partial charge in [0.25, 0.3) is 5.91 Å². The average Bonchev–Trinajstić information content (AvgIpc) is 3.09. The van der Waals surface area contributed by atoms with Gasteiger partial charge < -0.3 is 44.3 Å². The number of nitrogens with zero attached hydrogens (tertiary/aromatic N) is 3. The maximum absolute atomic E-state index is 12.9. The maximum Gasteiger partial charge on any atom is 0.329 e. The average molecular weight is 783 g/mol. The van der Waals surface area contributed by atoms with Gasteiger partial charge in [-0.1, -0.05) is 13.8 Å². The number of aliphatic carboxylic acids is 1. The summed E-state index contributed by atoms with van der Waals surface area (Å²) in [5, 5.41) is 15.4. The van der Waals surface area contributed by atoms with Crippen molar-refractivity contribution in [1.82, 2.24) is 25.7 Å². The lowest BCUT2D eigenvalue weighted by molar-refractivity contribution is -0.156. The molecule has 1 unspecified atom stereocenters. The Bertz CT molecular complexity index is 1470. The molecule has 0 fully saturated rings. The van der Waals surface area contributed by atoms with E-state index in [2.05, 4.69) is 39.2 Å². The van der Waals surface area contributed by atoms with Gasteiger partial charge in [-0.2, -0.15) is 0 Å². The lowest BCUT2D eigenvalue weighted by Crippen LogP contribution is -2.34. The molecule has 2 rings (SSSR count). The molecule has 0 spiro atoms. The molecule has 4 N–H and O–H groups in total. The van der Waals surface area contributed by atoms with Gasteiger partial charge in [0.2, 0.25) is 11.9 Å². The molecule has 0 bridgehead atoms. The van der Waals surface area contributed by atoms with Gasteiger partial charge in [0, 0.05) is 45.5 Å². The fraction of sp³-hybridized carbons (Fsp3) is 0.600. The number of hydroxylamine groups is 2. The molecule has 302 valence electrons. The summed E-state index contributed by atoms with van der Waals surface area (Å²) < 4.78 is 41.6. The van der Waals surface area contributed by atoms with Gasteiger partial charge in [0.15, 0.2) is 11.0 Å². The van der Waals surface area contributed by atoms with Crippen molar-refractivity contribution in [3.05, 3.63) is 42.2 Å². The lowest BCUT2D eigenvalue weighted by Gasteiger charge is -2.30. The van der Waals surface area contributed by atoms with Crippen molar-refractivity contribution in [3.8, 4) is 5.75 Å². The van der Waals surface area contributed by atoms with Crippen LogP contribution >= 0.6 is 0 Å². The number of benzene rings is 1. The van der Waals surface area contributed by atoms with Crippen LogP contribution in [0.15, 0.2) is 41.6 Å². The number of nitrogens with one attached hydrogen (secondary N) is 3. The Morgan fingerprint density at radius 2 is 1.39 bits per heavy atom. The Labute approximate surface area is 318 Å². The molecular weight excluding hydrogens is 728 g/mol. The van der Waals surface area contributed by atoms with Gasteiger partial charge in [-0.05, 0) is 56.9 Å². The van der Waals surface area contributed by atoms with E-state index in [4.69, 9.17) is 33.6 Å². The van der Waals surface area contributed by atoms with E-state index in [-0.39, 0.29) is 94.7 Å². The number of carboxylic acid groups (broad SMARTS) is 1. The molecule has 54 heavy (non-hydrogen) atoms. The van der Waals surface area contributed by atoms with Crippen LogP contribution in [0.25, 0.3) is 0 Å². The fourth-order valence-electron chi connectivity index (χ4n) is 4.41. The van der Waals surface area contributed by atoms with Crippen molar-refractivity contribution in [1.29, 1.82) is 0 Å². The van der Waals surface area contributed by atoms with Crippen LogP contribution in [0.3, 0.4) is 0 Å². The Morgan fingerprint density at radius 3 is 1.98 bits per heavy atom. The summed E-state index contributed by atoms with van der Waals surface area (Å²) in [6.45, 7) is 11.4. The highest BCUT2D eigenvalue weighted by Gasteiger charge is 2.25.